The summed E-state index contributed by atoms with van der Waals surface area (Å²) in [6.07, 6.45) is 4.16. The molecule has 3 nitrogen and oxygen atoms in total. The van der Waals surface area contributed by atoms with Gasteiger partial charge >= 0.3 is 0 Å². The zero-order chi connectivity index (χ0) is 10.9. The average molecular weight is 214 g/mol. The highest BCUT2D eigenvalue weighted by Gasteiger charge is 2.20. The van der Waals surface area contributed by atoms with Gasteiger partial charge in [0.15, 0.2) is 0 Å². The molecule has 1 aliphatic rings. The second kappa shape index (κ2) is 8.08. The molecule has 0 aromatic rings. The summed E-state index contributed by atoms with van der Waals surface area (Å²) in [4.78, 5) is 2.58. The first-order valence-corrected chi connectivity index (χ1v) is 6.28. The Morgan fingerprint density at radius 1 is 1.40 bits per heavy atom. The van der Waals surface area contributed by atoms with Crippen LogP contribution in [0.1, 0.15) is 26.2 Å². The first kappa shape index (κ1) is 12.9. The van der Waals surface area contributed by atoms with Gasteiger partial charge in [0.2, 0.25) is 0 Å². The maximum atomic E-state index is 4.99. The van der Waals surface area contributed by atoms with Crippen molar-refractivity contribution in [2.45, 2.75) is 26.2 Å². The summed E-state index contributed by atoms with van der Waals surface area (Å²) in [5, 5.41) is 3.39. The third kappa shape index (κ3) is 5.50. The van der Waals surface area contributed by atoms with Crippen LogP contribution in [0, 0.1) is 5.92 Å². The van der Waals surface area contributed by atoms with E-state index in [-0.39, 0.29) is 0 Å². The summed E-state index contributed by atoms with van der Waals surface area (Å²) >= 11 is 0. The molecule has 1 rings (SSSR count). The molecule has 1 heterocycles. The van der Waals surface area contributed by atoms with Crippen LogP contribution in [0.15, 0.2) is 0 Å². The summed E-state index contributed by atoms with van der Waals surface area (Å²) in [5.41, 5.74) is 0. The van der Waals surface area contributed by atoms with E-state index in [1.807, 2.05) is 0 Å². The van der Waals surface area contributed by atoms with Crippen molar-refractivity contribution >= 4 is 0 Å². The SMILES string of the molecule is CCCC1CCN(CCNCCOC)C1. The van der Waals surface area contributed by atoms with Gasteiger partial charge in [0.05, 0.1) is 6.61 Å². The van der Waals surface area contributed by atoms with Gasteiger partial charge in [-0.25, -0.2) is 0 Å². The number of hydrogen-bond donors (Lipinski definition) is 1. The van der Waals surface area contributed by atoms with Crippen molar-refractivity contribution in [3.8, 4) is 0 Å². The second-order valence-electron chi connectivity index (χ2n) is 4.49. The van der Waals surface area contributed by atoms with Crippen LogP contribution in [0.3, 0.4) is 0 Å². The highest BCUT2D eigenvalue weighted by Crippen LogP contribution is 2.19. The van der Waals surface area contributed by atoms with E-state index in [1.54, 1.807) is 7.11 Å². The molecule has 1 N–H and O–H groups in total. The molecule has 0 amide bonds. The standard InChI is InChI=1S/C12H26N2O/c1-3-4-12-5-8-14(11-12)9-6-13-7-10-15-2/h12-13H,3-11H2,1-2H3. The number of nitrogens with one attached hydrogen (secondary N) is 1. The van der Waals surface area contributed by atoms with Crippen LogP contribution in [0.2, 0.25) is 0 Å². The number of likely N-dealkylation sites (tertiary alicyclic amines) is 1. The highest BCUT2D eigenvalue weighted by molar-refractivity contribution is 4.75. The fourth-order valence-electron chi connectivity index (χ4n) is 2.30. The number of ether oxygens (including phenoxy) is 1. The van der Waals surface area contributed by atoms with Crippen LogP contribution in [-0.4, -0.2) is 51.3 Å². The lowest BCUT2D eigenvalue weighted by Crippen LogP contribution is -2.32. The Morgan fingerprint density at radius 3 is 3.00 bits per heavy atom. The van der Waals surface area contributed by atoms with E-state index in [4.69, 9.17) is 4.74 Å². The summed E-state index contributed by atoms with van der Waals surface area (Å²) in [6, 6.07) is 0. The second-order valence-corrected chi connectivity index (χ2v) is 4.49. The van der Waals surface area contributed by atoms with Crippen molar-refractivity contribution in [2.75, 3.05) is 46.4 Å². The Balaban J connectivity index is 1.94. The topological polar surface area (TPSA) is 24.5 Å². The molecule has 0 aromatic heterocycles. The van der Waals surface area contributed by atoms with Gasteiger partial charge in [-0.2, -0.15) is 0 Å². The van der Waals surface area contributed by atoms with E-state index in [2.05, 4.69) is 17.1 Å². The Hall–Kier alpha value is -0.120. The molecule has 3 heteroatoms. The molecule has 0 spiro atoms. The van der Waals surface area contributed by atoms with E-state index in [0.717, 1.165) is 25.6 Å². The van der Waals surface area contributed by atoms with Crippen LogP contribution in [0.5, 0.6) is 0 Å². The molecule has 0 radical (unpaired) electrons. The first-order valence-electron chi connectivity index (χ1n) is 6.28. The Morgan fingerprint density at radius 2 is 2.27 bits per heavy atom. The molecule has 1 atom stereocenters. The van der Waals surface area contributed by atoms with Gasteiger partial charge in [0, 0.05) is 33.3 Å². The molecule has 0 aromatic carbocycles. The lowest BCUT2D eigenvalue weighted by atomic mass is 10.0. The van der Waals surface area contributed by atoms with Crippen LogP contribution in [-0.2, 0) is 4.74 Å². The number of nitrogens with zero attached hydrogens (tertiary/aromatic N) is 1. The van der Waals surface area contributed by atoms with Gasteiger partial charge in [-0.3, -0.25) is 0 Å². The molecular weight excluding hydrogens is 188 g/mol. The highest BCUT2D eigenvalue weighted by atomic mass is 16.5. The van der Waals surface area contributed by atoms with Crippen LogP contribution in [0.25, 0.3) is 0 Å². The molecule has 1 saturated heterocycles. The fraction of sp³-hybridized carbons (Fsp3) is 1.00. The minimum Gasteiger partial charge on any atom is -0.383 e. The molecule has 15 heavy (non-hydrogen) atoms. The quantitative estimate of drug-likeness (QED) is 0.617. The van der Waals surface area contributed by atoms with Crippen molar-refractivity contribution in [3.63, 3.8) is 0 Å². The zero-order valence-corrected chi connectivity index (χ0v) is 10.3. The summed E-state index contributed by atoms with van der Waals surface area (Å²) in [5.74, 6) is 0.967. The molecular formula is C12H26N2O. The number of hydrogen-bond acceptors (Lipinski definition) is 3. The molecule has 0 bridgehead atoms. The molecule has 1 unspecified atom stereocenters. The summed E-state index contributed by atoms with van der Waals surface area (Å²) < 4.78 is 4.99. The fourth-order valence-corrected chi connectivity index (χ4v) is 2.30. The Labute approximate surface area is 94.2 Å². The zero-order valence-electron chi connectivity index (χ0n) is 10.3. The van der Waals surface area contributed by atoms with E-state index in [0.29, 0.717) is 0 Å². The lowest BCUT2D eigenvalue weighted by molar-refractivity contribution is 0.197. The first-order chi connectivity index (χ1) is 7.36. The maximum absolute atomic E-state index is 4.99. The van der Waals surface area contributed by atoms with Crippen molar-refractivity contribution in [1.82, 2.24) is 10.2 Å². The van der Waals surface area contributed by atoms with E-state index in [1.165, 1.54) is 38.9 Å². The molecule has 0 saturated carbocycles. The minimum atomic E-state index is 0.818. The predicted octanol–water partition coefficient (Wildman–Crippen LogP) is 1.34. The van der Waals surface area contributed by atoms with Gasteiger partial charge in [-0.1, -0.05) is 13.3 Å². The number of rotatable bonds is 8. The minimum absolute atomic E-state index is 0.818. The molecule has 1 aliphatic heterocycles. The van der Waals surface area contributed by atoms with E-state index in [9.17, 15) is 0 Å². The van der Waals surface area contributed by atoms with Crippen molar-refractivity contribution in [3.05, 3.63) is 0 Å². The van der Waals surface area contributed by atoms with E-state index < -0.39 is 0 Å². The Kier molecular flexibility index (Phi) is 6.98. The van der Waals surface area contributed by atoms with Crippen molar-refractivity contribution in [1.29, 1.82) is 0 Å². The van der Waals surface area contributed by atoms with Gasteiger partial charge in [0.25, 0.3) is 0 Å². The van der Waals surface area contributed by atoms with Crippen molar-refractivity contribution < 1.29 is 4.74 Å². The summed E-state index contributed by atoms with van der Waals surface area (Å²) in [6.45, 7) is 9.00. The Bertz CT molecular complexity index is 153. The monoisotopic (exact) mass is 214 g/mol. The van der Waals surface area contributed by atoms with Crippen LogP contribution >= 0.6 is 0 Å². The average Bonchev–Trinajstić information content (AvgIpc) is 2.66. The van der Waals surface area contributed by atoms with E-state index >= 15 is 0 Å². The van der Waals surface area contributed by atoms with Gasteiger partial charge in [-0.15, -0.1) is 0 Å². The van der Waals surface area contributed by atoms with Gasteiger partial charge in [0.1, 0.15) is 0 Å². The van der Waals surface area contributed by atoms with Gasteiger partial charge < -0.3 is 15.0 Å². The molecule has 1 fully saturated rings. The summed E-state index contributed by atoms with van der Waals surface area (Å²) in [7, 11) is 1.75. The largest absolute Gasteiger partial charge is 0.383 e. The normalized spacial score (nSPS) is 22.4. The van der Waals surface area contributed by atoms with Crippen LogP contribution < -0.4 is 5.32 Å². The van der Waals surface area contributed by atoms with Crippen molar-refractivity contribution in [2.24, 2.45) is 5.92 Å². The van der Waals surface area contributed by atoms with Crippen LogP contribution in [0.4, 0.5) is 0 Å². The number of methoxy groups -OCH3 is 1. The van der Waals surface area contributed by atoms with Gasteiger partial charge in [-0.05, 0) is 25.3 Å². The predicted molar refractivity (Wildman–Crippen MR) is 64.2 cm³/mol. The lowest BCUT2D eigenvalue weighted by Gasteiger charge is -2.16. The molecule has 90 valence electrons. The maximum Gasteiger partial charge on any atom is 0.0587 e. The smallest absolute Gasteiger partial charge is 0.0587 e. The third-order valence-electron chi connectivity index (χ3n) is 3.15. The third-order valence-corrected chi connectivity index (χ3v) is 3.15. The molecule has 0 aliphatic carbocycles.